The predicted molar refractivity (Wildman–Crippen MR) is 76.8 cm³/mol. The lowest BCUT2D eigenvalue weighted by molar-refractivity contribution is -0.151. The standard InChI is InChI=1S/C13H24N2O3S/c1-7(2)11-15(8(6-19-11)12(17)18)10(16)9(14)13(3,4)5/h7-9,11H,6,14H2,1-5H3,(H,17,18)/t8?,9-,11?/m1/s1. The lowest BCUT2D eigenvalue weighted by atomic mass is 9.86. The molecule has 1 rings (SSSR count). The molecule has 0 spiro atoms. The number of carbonyl (C=O) groups excluding carboxylic acids is 1. The van der Waals surface area contributed by atoms with Gasteiger partial charge in [-0.25, -0.2) is 4.79 Å². The number of carbonyl (C=O) groups is 2. The highest BCUT2D eigenvalue weighted by atomic mass is 32.2. The summed E-state index contributed by atoms with van der Waals surface area (Å²) in [6.07, 6.45) is 0. The smallest absolute Gasteiger partial charge is 0.327 e. The second kappa shape index (κ2) is 5.71. The second-order valence-electron chi connectivity index (χ2n) is 6.41. The van der Waals surface area contributed by atoms with E-state index in [9.17, 15) is 14.7 Å². The van der Waals surface area contributed by atoms with E-state index in [0.717, 1.165) is 0 Å². The molecule has 1 aliphatic heterocycles. The Morgan fingerprint density at radius 2 is 1.89 bits per heavy atom. The van der Waals surface area contributed by atoms with E-state index in [1.165, 1.54) is 16.7 Å². The first-order valence-electron chi connectivity index (χ1n) is 6.49. The maximum Gasteiger partial charge on any atom is 0.327 e. The molecule has 5 nitrogen and oxygen atoms in total. The van der Waals surface area contributed by atoms with E-state index in [1.807, 2.05) is 34.6 Å². The zero-order valence-corrected chi connectivity index (χ0v) is 13.0. The number of carboxylic acids is 1. The van der Waals surface area contributed by atoms with Crippen LogP contribution < -0.4 is 5.73 Å². The van der Waals surface area contributed by atoms with Crippen molar-refractivity contribution in [1.29, 1.82) is 0 Å². The molecule has 2 unspecified atom stereocenters. The fraction of sp³-hybridized carbons (Fsp3) is 0.846. The van der Waals surface area contributed by atoms with Gasteiger partial charge in [0.25, 0.3) is 0 Å². The van der Waals surface area contributed by atoms with Gasteiger partial charge >= 0.3 is 5.97 Å². The third kappa shape index (κ3) is 3.42. The highest BCUT2D eigenvalue weighted by Gasteiger charge is 2.45. The van der Waals surface area contributed by atoms with E-state index in [0.29, 0.717) is 5.75 Å². The summed E-state index contributed by atoms with van der Waals surface area (Å²) in [6, 6.07) is -1.45. The topological polar surface area (TPSA) is 83.6 Å². The Morgan fingerprint density at radius 3 is 2.26 bits per heavy atom. The van der Waals surface area contributed by atoms with Gasteiger partial charge in [0.2, 0.25) is 5.91 Å². The SMILES string of the molecule is CC(C)C1SCC(C(=O)O)N1C(=O)[C@@H](N)C(C)(C)C. The highest BCUT2D eigenvalue weighted by Crippen LogP contribution is 2.35. The molecule has 1 heterocycles. The van der Waals surface area contributed by atoms with Crippen molar-refractivity contribution in [3.8, 4) is 0 Å². The van der Waals surface area contributed by atoms with Gasteiger partial charge in [-0.1, -0.05) is 34.6 Å². The normalized spacial score (nSPS) is 25.7. The zero-order chi connectivity index (χ0) is 15.0. The summed E-state index contributed by atoms with van der Waals surface area (Å²) in [5.41, 5.74) is 5.63. The highest BCUT2D eigenvalue weighted by molar-refractivity contribution is 8.00. The van der Waals surface area contributed by atoms with Crippen LogP contribution in [-0.2, 0) is 9.59 Å². The maximum absolute atomic E-state index is 12.5. The van der Waals surface area contributed by atoms with Gasteiger partial charge in [-0.05, 0) is 11.3 Å². The Morgan fingerprint density at radius 1 is 1.37 bits per heavy atom. The first kappa shape index (κ1) is 16.3. The Balaban J connectivity index is 3.02. The van der Waals surface area contributed by atoms with Crippen LogP contribution >= 0.6 is 11.8 Å². The quantitative estimate of drug-likeness (QED) is 0.819. The largest absolute Gasteiger partial charge is 0.480 e. The van der Waals surface area contributed by atoms with Crippen LogP contribution in [0.3, 0.4) is 0 Å². The number of hydrogen-bond donors (Lipinski definition) is 2. The molecule has 1 amide bonds. The average molecular weight is 288 g/mol. The minimum absolute atomic E-state index is 0.109. The monoisotopic (exact) mass is 288 g/mol. The van der Waals surface area contributed by atoms with Gasteiger partial charge in [0.05, 0.1) is 11.4 Å². The molecule has 1 fully saturated rings. The van der Waals surface area contributed by atoms with Crippen molar-refractivity contribution in [2.24, 2.45) is 17.1 Å². The first-order chi connectivity index (χ1) is 8.57. The van der Waals surface area contributed by atoms with Crippen LogP contribution in [0.25, 0.3) is 0 Å². The fourth-order valence-electron chi connectivity index (χ4n) is 2.04. The Hall–Kier alpha value is -0.750. The number of nitrogens with zero attached hydrogens (tertiary/aromatic N) is 1. The van der Waals surface area contributed by atoms with Gasteiger partial charge in [-0.3, -0.25) is 4.79 Å². The van der Waals surface area contributed by atoms with Crippen molar-refractivity contribution >= 4 is 23.6 Å². The molecule has 0 aromatic heterocycles. The van der Waals surface area contributed by atoms with Crippen LogP contribution in [0.5, 0.6) is 0 Å². The zero-order valence-electron chi connectivity index (χ0n) is 12.2. The Bertz CT molecular complexity index is 365. The van der Waals surface area contributed by atoms with Gasteiger partial charge in [0, 0.05) is 5.75 Å². The Kier molecular flexibility index (Phi) is 4.90. The molecule has 110 valence electrons. The van der Waals surface area contributed by atoms with Crippen LogP contribution in [0.15, 0.2) is 0 Å². The maximum atomic E-state index is 12.5. The van der Waals surface area contributed by atoms with E-state index < -0.39 is 18.1 Å². The first-order valence-corrected chi connectivity index (χ1v) is 7.54. The van der Waals surface area contributed by atoms with E-state index in [-0.39, 0.29) is 22.6 Å². The Labute approximate surface area is 118 Å². The third-order valence-corrected chi connectivity index (χ3v) is 4.96. The summed E-state index contributed by atoms with van der Waals surface area (Å²) in [5, 5.41) is 9.16. The van der Waals surface area contributed by atoms with Crippen LogP contribution in [0, 0.1) is 11.3 Å². The molecule has 0 bridgehead atoms. The second-order valence-corrected chi connectivity index (χ2v) is 7.56. The molecular formula is C13H24N2O3S. The molecule has 0 aromatic carbocycles. The van der Waals surface area contributed by atoms with Crippen molar-refractivity contribution in [2.45, 2.75) is 52.1 Å². The predicted octanol–water partition coefficient (Wildman–Crippen LogP) is 1.37. The number of thioether (sulfide) groups is 1. The number of carboxylic acid groups (broad SMARTS) is 1. The van der Waals surface area contributed by atoms with Crippen molar-refractivity contribution in [3.63, 3.8) is 0 Å². The van der Waals surface area contributed by atoms with Crippen molar-refractivity contribution < 1.29 is 14.7 Å². The van der Waals surface area contributed by atoms with E-state index in [1.54, 1.807) is 0 Å². The summed E-state index contributed by atoms with van der Waals surface area (Å²) in [4.78, 5) is 25.3. The molecule has 1 aliphatic rings. The fourth-order valence-corrected chi connectivity index (χ4v) is 3.52. The van der Waals surface area contributed by atoms with Gasteiger partial charge < -0.3 is 15.7 Å². The summed E-state index contributed by atoms with van der Waals surface area (Å²) >= 11 is 1.52. The summed E-state index contributed by atoms with van der Waals surface area (Å²) in [7, 11) is 0. The number of amides is 1. The van der Waals surface area contributed by atoms with Crippen molar-refractivity contribution in [1.82, 2.24) is 4.90 Å². The van der Waals surface area contributed by atoms with E-state index in [2.05, 4.69) is 0 Å². The number of rotatable bonds is 3. The van der Waals surface area contributed by atoms with Crippen LogP contribution in [0.2, 0.25) is 0 Å². The molecule has 3 N–H and O–H groups in total. The molecular weight excluding hydrogens is 264 g/mol. The van der Waals surface area contributed by atoms with Crippen molar-refractivity contribution in [3.05, 3.63) is 0 Å². The molecule has 3 atom stereocenters. The summed E-state index contributed by atoms with van der Waals surface area (Å²) in [5.74, 6) is -0.583. The van der Waals surface area contributed by atoms with Gasteiger partial charge in [-0.2, -0.15) is 0 Å². The molecule has 0 aromatic rings. The number of aliphatic carboxylic acids is 1. The van der Waals surface area contributed by atoms with Crippen LogP contribution in [0.4, 0.5) is 0 Å². The molecule has 6 heteroatoms. The number of nitrogens with two attached hydrogens (primary N) is 1. The molecule has 19 heavy (non-hydrogen) atoms. The molecule has 0 aliphatic carbocycles. The molecule has 0 radical (unpaired) electrons. The van der Waals surface area contributed by atoms with Crippen LogP contribution in [0.1, 0.15) is 34.6 Å². The van der Waals surface area contributed by atoms with Gasteiger partial charge in [-0.15, -0.1) is 11.8 Å². The minimum Gasteiger partial charge on any atom is -0.480 e. The molecule has 0 saturated carbocycles. The summed E-state index contributed by atoms with van der Waals surface area (Å²) < 4.78 is 0. The third-order valence-electron chi connectivity index (χ3n) is 3.34. The van der Waals surface area contributed by atoms with E-state index in [4.69, 9.17) is 5.73 Å². The lowest BCUT2D eigenvalue weighted by Crippen LogP contribution is -2.56. The molecule has 1 saturated heterocycles. The van der Waals surface area contributed by atoms with Crippen molar-refractivity contribution in [2.75, 3.05) is 5.75 Å². The van der Waals surface area contributed by atoms with Gasteiger partial charge in [0.15, 0.2) is 0 Å². The lowest BCUT2D eigenvalue weighted by Gasteiger charge is -2.35. The van der Waals surface area contributed by atoms with E-state index >= 15 is 0 Å². The average Bonchev–Trinajstić information content (AvgIpc) is 2.70. The van der Waals surface area contributed by atoms with Gasteiger partial charge in [0.1, 0.15) is 6.04 Å². The number of hydrogen-bond acceptors (Lipinski definition) is 4. The minimum atomic E-state index is -0.954. The van der Waals surface area contributed by atoms with Crippen LogP contribution in [-0.4, -0.2) is 45.1 Å². The summed E-state index contributed by atoms with van der Waals surface area (Å²) in [6.45, 7) is 9.65.